The predicted octanol–water partition coefficient (Wildman–Crippen LogP) is 0.848. The summed E-state index contributed by atoms with van der Waals surface area (Å²) in [5.74, 6) is 0. The molecule has 82 valence electrons. The van der Waals surface area contributed by atoms with Gasteiger partial charge in [-0.15, -0.1) is 0 Å². The molecule has 0 aromatic carbocycles. The topological polar surface area (TPSA) is 24.5 Å². The third-order valence-corrected chi connectivity index (χ3v) is 3.34. The molecule has 3 heteroatoms. The fourth-order valence-corrected chi connectivity index (χ4v) is 2.39. The van der Waals surface area contributed by atoms with E-state index in [0.29, 0.717) is 17.7 Å². The maximum atomic E-state index is 5.75. The number of fused-ring (bicyclic) bond motifs is 1. The van der Waals surface area contributed by atoms with Gasteiger partial charge in [-0.05, 0) is 27.2 Å². The zero-order chi connectivity index (χ0) is 10.2. The number of nitrogens with one attached hydrogen (secondary N) is 1. The largest absolute Gasteiger partial charge is 0.375 e. The Kier molecular flexibility index (Phi) is 2.82. The molecule has 2 atom stereocenters. The fraction of sp³-hybridized carbons (Fsp3) is 1.00. The molecule has 0 amide bonds. The molecule has 2 aliphatic heterocycles. The van der Waals surface area contributed by atoms with Gasteiger partial charge in [0.2, 0.25) is 0 Å². The van der Waals surface area contributed by atoms with Gasteiger partial charge in [-0.3, -0.25) is 4.90 Å². The van der Waals surface area contributed by atoms with Gasteiger partial charge in [0.25, 0.3) is 0 Å². The summed E-state index contributed by atoms with van der Waals surface area (Å²) in [6, 6.07) is 0.553. The Bertz CT molecular complexity index is 200. The number of morpholine rings is 1. The van der Waals surface area contributed by atoms with Gasteiger partial charge in [-0.1, -0.05) is 0 Å². The minimum atomic E-state index is 0.296. The van der Waals surface area contributed by atoms with Crippen molar-refractivity contribution in [3.63, 3.8) is 0 Å². The minimum absolute atomic E-state index is 0.296. The van der Waals surface area contributed by atoms with Crippen molar-refractivity contribution < 1.29 is 4.74 Å². The van der Waals surface area contributed by atoms with Crippen molar-refractivity contribution >= 4 is 0 Å². The standard InChI is InChI=1S/C11H22N2O/c1-11(2,3)13-6-4-10-9(8-13)12-5-7-14-10/h9-10,12H,4-8H2,1-3H3. The SMILES string of the molecule is CC(C)(C)N1CCC2OCCNC2C1. The van der Waals surface area contributed by atoms with E-state index < -0.39 is 0 Å². The first-order valence-electron chi connectivity index (χ1n) is 5.67. The number of hydrogen-bond acceptors (Lipinski definition) is 3. The lowest BCUT2D eigenvalue weighted by Gasteiger charge is -2.46. The summed E-state index contributed by atoms with van der Waals surface area (Å²) >= 11 is 0. The molecule has 2 fully saturated rings. The zero-order valence-electron chi connectivity index (χ0n) is 9.55. The van der Waals surface area contributed by atoms with E-state index in [1.54, 1.807) is 0 Å². The quantitative estimate of drug-likeness (QED) is 0.624. The van der Waals surface area contributed by atoms with Crippen LogP contribution < -0.4 is 5.32 Å². The van der Waals surface area contributed by atoms with Gasteiger partial charge in [0.15, 0.2) is 0 Å². The number of ether oxygens (including phenoxy) is 1. The predicted molar refractivity (Wildman–Crippen MR) is 57.5 cm³/mol. The molecule has 1 N–H and O–H groups in total. The maximum absolute atomic E-state index is 5.75. The van der Waals surface area contributed by atoms with Gasteiger partial charge >= 0.3 is 0 Å². The highest BCUT2D eigenvalue weighted by molar-refractivity contribution is 4.92. The summed E-state index contributed by atoms with van der Waals surface area (Å²) in [6.45, 7) is 11.1. The van der Waals surface area contributed by atoms with E-state index >= 15 is 0 Å². The first kappa shape index (κ1) is 10.4. The molecule has 2 unspecified atom stereocenters. The molecular formula is C11H22N2O. The van der Waals surface area contributed by atoms with E-state index in [9.17, 15) is 0 Å². The van der Waals surface area contributed by atoms with Crippen molar-refractivity contribution in [2.45, 2.75) is 44.9 Å². The smallest absolute Gasteiger partial charge is 0.0753 e. The first-order valence-corrected chi connectivity index (χ1v) is 5.67. The fourth-order valence-electron chi connectivity index (χ4n) is 2.39. The van der Waals surface area contributed by atoms with E-state index in [1.807, 2.05) is 0 Å². The summed E-state index contributed by atoms with van der Waals surface area (Å²) in [4.78, 5) is 2.55. The van der Waals surface area contributed by atoms with E-state index in [1.165, 1.54) is 13.0 Å². The van der Waals surface area contributed by atoms with Crippen LogP contribution >= 0.6 is 0 Å². The Morgan fingerprint density at radius 2 is 2.14 bits per heavy atom. The van der Waals surface area contributed by atoms with Gasteiger partial charge in [0.05, 0.1) is 12.7 Å². The molecular weight excluding hydrogens is 176 g/mol. The number of rotatable bonds is 0. The van der Waals surface area contributed by atoms with Gasteiger partial charge in [-0.25, -0.2) is 0 Å². The molecule has 0 aliphatic carbocycles. The molecule has 2 saturated heterocycles. The van der Waals surface area contributed by atoms with E-state index in [2.05, 4.69) is 31.0 Å². The molecule has 0 saturated carbocycles. The second kappa shape index (κ2) is 3.80. The molecule has 0 bridgehead atoms. The third-order valence-electron chi connectivity index (χ3n) is 3.34. The van der Waals surface area contributed by atoms with Crippen molar-refractivity contribution in [1.82, 2.24) is 10.2 Å². The monoisotopic (exact) mass is 198 g/mol. The highest BCUT2D eigenvalue weighted by atomic mass is 16.5. The van der Waals surface area contributed by atoms with Crippen LogP contribution in [0.4, 0.5) is 0 Å². The molecule has 2 rings (SSSR count). The Balaban J connectivity index is 1.96. The average molecular weight is 198 g/mol. The summed E-state index contributed by atoms with van der Waals surface area (Å²) in [7, 11) is 0. The van der Waals surface area contributed by atoms with Crippen molar-refractivity contribution in [3.05, 3.63) is 0 Å². The van der Waals surface area contributed by atoms with Crippen LogP contribution in [0.1, 0.15) is 27.2 Å². The summed E-state index contributed by atoms with van der Waals surface area (Å²) in [5, 5.41) is 3.56. The lowest BCUT2D eigenvalue weighted by Crippen LogP contribution is -2.61. The summed E-state index contributed by atoms with van der Waals surface area (Å²) in [5.41, 5.74) is 0.296. The highest BCUT2D eigenvalue weighted by Gasteiger charge is 2.35. The van der Waals surface area contributed by atoms with Crippen molar-refractivity contribution in [2.24, 2.45) is 0 Å². The summed E-state index contributed by atoms with van der Waals surface area (Å²) in [6.07, 6.45) is 1.64. The van der Waals surface area contributed by atoms with Crippen molar-refractivity contribution in [2.75, 3.05) is 26.2 Å². The average Bonchev–Trinajstić information content (AvgIpc) is 2.16. The molecule has 2 aliphatic rings. The molecule has 0 aromatic heterocycles. The van der Waals surface area contributed by atoms with Gasteiger partial charge < -0.3 is 10.1 Å². The molecule has 0 radical (unpaired) electrons. The van der Waals surface area contributed by atoms with Crippen molar-refractivity contribution in [1.29, 1.82) is 0 Å². The second-order valence-electron chi connectivity index (χ2n) is 5.38. The van der Waals surface area contributed by atoms with Crippen LogP contribution in [0.2, 0.25) is 0 Å². The van der Waals surface area contributed by atoms with E-state index in [-0.39, 0.29) is 0 Å². The van der Waals surface area contributed by atoms with Gasteiger partial charge in [0, 0.05) is 31.2 Å². The van der Waals surface area contributed by atoms with E-state index in [0.717, 1.165) is 19.7 Å². The lowest BCUT2D eigenvalue weighted by atomic mass is 9.95. The van der Waals surface area contributed by atoms with Crippen molar-refractivity contribution in [3.8, 4) is 0 Å². The maximum Gasteiger partial charge on any atom is 0.0753 e. The molecule has 0 spiro atoms. The lowest BCUT2D eigenvalue weighted by molar-refractivity contribution is -0.0589. The van der Waals surface area contributed by atoms with Crippen LogP contribution in [0, 0.1) is 0 Å². The normalized spacial score (nSPS) is 35.4. The Labute approximate surface area is 86.8 Å². The Morgan fingerprint density at radius 3 is 2.86 bits per heavy atom. The zero-order valence-corrected chi connectivity index (χ0v) is 9.55. The van der Waals surface area contributed by atoms with Gasteiger partial charge in [-0.2, -0.15) is 0 Å². The van der Waals surface area contributed by atoms with E-state index in [4.69, 9.17) is 4.74 Å². The van der Waals surface area contributed by atoms with Crippen LogP contribution in [-0.4, -0.2) is 48.8 Å². The Morgan fingerprint density at radius 1 is 1.36 bits per heavy atom. The molecule has 2 heterocycles. The number of hydrogen-bond donors (Lipinski definition) is 1. The Hall–Kier alpha value is -0.120. The second-order valence-corrected chi connectivity index (χ2v) is 5.38. The first-order chi connectivity index (χ1) is 6.57. The summed E-state index contributed by atoms with van der Waals surface area (Å²) < 4.78 is 5.75. The van der Waals surface area contributed by atoms with Crippen LogP contribution in [0.15, 0.2) is 0 Å². The van der Waals surface area contributed by atoms with Gasteiger partial charge in [0.1, 0.15) is 0 Å². The number of piperidine rings is 1. The number of nitrogens with zero attached hydrogens (tertiary/aromatic N) is 1. The van der Waals surface area contributed by atoms with Crippen LogP contribution in [0.25, 0.3) is 0 Å². The number of likely N-dealkylation sites (tertiary alicyclic amines) is 1. The highest BCUT2D eigenvalue weighted by Crippen LogP contribution is 2.23. The third kappa shape index (κ3) is 2.10. The van der Waals surface area contributed by atoms with Crippen LogP contribution in [-0.2, 0) is 4.74 Å². The minimum Gasteiger partial charge on any atom is -0.375 e. The molecule has 14 heavy (non-hydrogen) atoms. The molecule has 0 aromatic rings. The van der Waals surface area contributed by atoms with Crippen LogP contribution in [0.3, 0.4) is 0 Å². The van der Waals surface area contributed by atoms with Crippen LogP contribution in [0.5, 0.6) is 0 Å². The molecule has 3 nitrogen and oxygen atoms in total.